The monoisotopic (exact) mass is 337 g/mol. The van der Waals surface area contributed by atoms with Gasteiger partial charge in [0.1, 0.15) is 12.4 Å². The summed E-state index contributed by atoms with van der Waals surface area (Å²) >= 11 is 0. The number of amides is 2. The summed E-state index contributed by atoms with van der Waals surface area (Å²) in [5.41, 5.74) is 4.36. The first-order valence-corrected chi connectivity index (χ1v) is 7.64. The largest absolute Gasteiger partial charge is 0.490 e. The number of anilines is 1. The van der Waals surface area contributed by atoms with Gasteiger partial charge >= 0.3 is 11.8 Å². The van der Waals surface area contributed by atoms with E-state index in [0.29, 0.717) is 18.0 Å². The van der Waals surface area contributed by atoms with Crippen molar-refractivity contribution < 1.29 is 14.3 Å². The molecular weight excluding hydrogens is 318 g/mol. The smallest absolute Gasteiger partial charge is 0.329 e. The quantitative estimate of drug-likeness (QED) is 0.368. The van der Waals surface area contributed by atoms with E-state index < -0.39 is 11.8 Å². The van der Waals surface area contributed by atoms with Gasteiger partial charge in [0.15, 0.2) is 0 Å². The fourth-order valence-corrected chi connectivity index (χ4v) is 1.95. The minimum atomic E-state index is -0.849. The van der Waals surface area contributed by atoms with Crippen molar-refractivity contribution in [2.24, 2.45) is 5.10 Å². The lowest BCUT2D eigenvalue weighted by Gasteiger charge is -2.06. The zero-order valence-electron chi connectivity index (χ0n) is 13.9. The summed E-state index contributed by atoms with van der Waals surface area (Å²) in [5.74, 6) is -0.972. The summed E-state index contributed by atoms with van der Waals surface area (Å²) in [6.07, 6.45) is 3.08. The molecule has 2 amide bonds. The van der Waals surface area contributed by atoms with Crippen molar-refractivity contribution in [2.45, 2.75) is 6.92 Å². The van der Waals surface area contributed by atoms with Crippen molar-refractivity contribution in [1.29, 1.82) is 0 Å². The molecule has 0 saturated heterocycles. The minimum Gasteiger partial charge on any atom is -0.490 e. The van der Waals surface area contributed by atoms with Gasteiger partial charge in [-0.15, -0.1) is 0 Å². The Labute approximate surface area is 146 Å². The van der Waals surface area contributed by atoms with Gasteiger partial charge in [0, 0.05) is 5.69 Å². The lowest BCUT2D eigenvalue weighted by atomic mass is 10.2. The van der Waals surface area contributed by atoms with E-state index in [4.69, 9.17) is 4.74 Å². The molecule has 0 radical (unpaired) electrons. The van der Waals surface area contributed by atoms with Crippen LogP contribution in [0, 0.1) is 6.92 Å². The van der Waals surface area contributed by atoms with Gasteiger partial charge in [-0.3, -0.25) is 9.59 Å². The lowest BCUT2D eigenvalue weighted by molar-refractivity contribution is -0.136. The second kappa shape index (κ2) is 9.02. The second-order valence-electron chi connectivity index (χ2n) is 5.14. The zero-order chi connectivity index (χ0) is 18.1. The molecule has 2 rings (SSSR count). The van der Waals surface area contributed by atoms with Gasteiger partial charge in [-0.25, -0.2) is 5.43 Å². The summed E-state index contributed by atoms with van der Waals surface area (Å²) in [6.45, 7) is 5.82. The molecule has 128 valence electrons. The van der Waals surface area contributed by atoms with Crippen LogP contribution in [0.25, 0.3) is 0 Å². The highest BCUT2D eigenvalue weighted by Crippen LogP contribution is 2.13. The Kier molecular flexibility index (Phi) is 6.47. The Morgan fingerprint density at radius 3 is 2.72 bits per heavy atom. The van der Waals surface area contributed by atoms with Crippen molar-refractivity contribution in [3.8, 4) is 5.75 Å². The summed E-state index contributed by atoms with van der Waals surface area (Å²) < 4.78 is 5.41. The third kappa shape index (κ3) is 5.62. The molecule has 0 fully saturated rings. The van der Waals surface area contributed by atoms with Gasteiger partial charge in [-0.05, 0) is 36.2 Å². The highest BCUT2D eigenvalue weighted by atomic mass is 16.5. The number of benzene rings is 2. The number of carbonyl (C=O) groups is 2. The summed E-state index contributed by atoms with van der Waals surface area (Å²) in [4.78, 5) is 23.6. The number of hydrogen-bond donors (Lipinski definition) is 2. The average molecular weight is 337 g/mol. The first-order valence-electron chi connectivity index (χ1n) is 7.64. The number of para-hydroxylation sites is 1. The molecule has 0 heterocycles. The number of nitrogens with zero attached hydrogens (tertiary/aromatic N) is 1. The molecule has 0 aliphatic heterocycles. The first-order chi connectivity index (χ1) is 12.1. The first kappa shape index (κ1) is 17.9. The summed E-state index contributed by atoms with van der Waals surface area (Å²) in [7, 11) is 0. The van der Waals surface area contributed by atoms with Gasteiger partial charge in [0.25, 0.3) is 0 Å². The third-order valence-corrected chi connectivity index (χ3v) is 3.21. The van der Waals surface area contributed by atoms with Crippen LogP contribution in [0.2, 0.25) is 0 Å². The topological polar surface area (TPSA) is 79.8 Å². The molecule has 0 spiro atoms. The van der Waals surface area contributed by atoms with Crippen molar-refractivity contribution in [3.63, 3.8) is 0 Å². The third-order valence-electron chi connectivity index (χ3n) is 3.21. The molecule has 25 heavy (non-hydrogen) atoms. The van der Waals surface area contributed by atoms with Crippen LogP contribution >= 0.6 is 0 Å². The van der Waals surface area contributed by atoms with Crippen LogP contribution in [-0.4, -0.2) is 24.6 Å². The maximum absolute atomic E-state index is 11.9. The van der Waals surface area contributed by atoms with E-state index in [9.17, 15) is 9.59 Å². The highest BCUT2D eigenvalue weighted by molar-refractivity contribution is 6.39. The molecule has 0 saturated carbocycles. The zero-order valence-corrected chi connectivity index (χ0v) is 13.9. The average Bonchev–Trinajstić information content (AvgIpc) is 2.62. The number of hydrazone groups is 1. The molecule has 0 aliphatic rings. The fraction of sp³-hybridized carbons (Fsp3) is 0.105. The van der Waals surface area contributed by atoms with Gasteiger partial charge < -0.3 is 10.1 Å². The van der Waals surface area contributed by atoms with Crippen LogP contribution in [0.3, 0.4) is 0 Å². The molecule has 2 N–H and O–H groups in total. The molecule has 0 bridgehead atoms. The van der Waals surface area contributed by atoms with E-state index in [1.54, 1.807) is 42.5 Å². The van der Waals surface area contributed by atoms with Crippen molar-refractivity contribution in [3.05, 3.63) is 72.3 Å². The van der Waals surface area contributed by atoms with Crippen LogP contribution in [-0.2, 0) is 9.59 Å². The van der Waals surface area contributed by atoms with Gasteiger partial charge in [0.2, 0.25) is 0 Å². The molecule has 0 unspecified atom stereocenters. The van der Waals surface area contributed by atoms with E-state index in [1.165, 1.54) is 6.21 Å². The molecule has 2 aromatic carbocycles. The number of hydrogen-bond acceptors (Lipinski definition) is 4. The van der Waals surface area contributed by atoms with Crippen LogP contribution in [0.1, 0.15) is 11.1 Å². The Morgan fingerprint density at radius 2 is 1.96 bits per heavy atom. The minimum absolute atomic E-state index is 0.399. The van der Waals surface area contributed by atoms with E-state index in [0.717, 1.165) is 11.1 Å². The molecule has 0 atom stereocenters. The normalized spacial score (nSPS) is 10.3. The van der Waals surface area contributed by atoms with Crippen LogP contribution in [0.4, 0.5) is 5.69 Å². The molecule has 6 heteroatoms. The van der Waals surface area contributed by atoms with Gasteiger partial charge in [-0.1, -0.05) is 43.0 Å². The predicted octanol–water partition coefficient (Wildman–Crippen LogP) is 2.65. The maximum atomic E-state index is 11.9. The van der Waals surface area contributed by atoms with E-state index in [1.807, 2.05) is 19.1 Å². The molecule has 0 aromatic heterocycles. The standard InChI is InChI=1S/C19H19N3O3/c1-3-11-25-16-9-6-8-15(12-16)13-20-22-19(24)18(23)21-17-10-5-4-7-14(17)2/h3-10,12-13H,1,11H2,2H3,(H,21,23)(H,22,24)/b20-13+. The summed E-state index contributed by atoms with van der Waals surface area (Å²) in [5, 5.41) is 6.32. The van der Waals surface area contributed by atoms with E-state index >= 15 is 0 Å². The maximum Gasteiger partial charge on any atom is 0.329 e. The van der Waals surface area contributed by atoms with Gasteiger partial charge in [-0.2, -0.15) is 5.10 Å². The van der Waals surface area contributed by atoms with Crippen LogP contribution < -0.4 is 15.5 Å². The molecular formula is C19H19N3O3. The Bertz CT molecular complexity index is 800. The lowest BCUT2D eigenvalue weighted by Crippen LogP contribution is -2.32. The Hall–Kier alpha value is -3.41. The van der Waals surface area contributed by atoms with Crippen LogP contribution in [0.5, 0.6) is 5.75 Å². The van der Waals surface area contributed by atoms with Crippen molar-refractivity contribution in [2.75, 3.05) is 11.9 Å². The summed E-state index contributed by atoms with van der Waals surface area (Å²) in [6, 6.07) is 14.3. The number of nitrogens with one attached hydrogen (secondary N) is 2. The highest BCUT2D eigenvalue weighted by Gasteiger charge is 2.13. The number of carbonyl (C=O) groups excluding carboxylic acids is 2. The number of rotatable bonds is 6. The second-order valence-corrected chi connectivity index (χ2v) is 5.14. The number of aryl methyl sites for hydroxylation is 1. The van der Waals surface area contributed by atoms with E-state index in [2.05, 4.69) is 22.4 Å². The molecule has 6 nitrogen and oxygen atoms in total. The molecule has 0 aliphatic carbocycles. The SMILES string of the molecule is C=CCOc1cccc(/C=N/NC(=O)C(=O)Nc2ccccc2C)c1. The number of ether oxygens (including phenoxy) is 1. The van der Waals surface area contributed by atoms with E-state index in [-0.39, 0.29) is 0 Å². The van der Waals surface area contributed by atoms with Crippen LogP contribution in [0.15, 0.2) is 66.3 Å². The fourth-order valence-electron chi connectivity index (χ4n) is 1.95. The Morgan fingerprint density at radius 1 is 1.16 bits per heavy atom. The predicted molar refractivity (Wildman–Crippen MR) is 97.7 cm³/mol. The van der Waals surface area contributed by atoms with Crippen molar-refractivity contribution >= 4 is 23.7 Å². The van der Waals surface area contributed by atoms with Gasteiger partial charge in [0.05, 0.1) is 6.21 Å². The van der Waals surface area contributed by atoms with Crippen molar-refractivity contribution in [1.82, 2.24) is 5.43 Å². The Balaban J connectivity index is 1.90. The molecule has 2 aromatic rings.